The van der Waals surface area contributed by atoms with Crippen LogP contribution in [0.15, 0.2) is 39.9 Å². The number of rotatable bonds is 6. The highest BCUT2D eigenvalue weighted by atomic mass is 16.4. The quantitative estimate of drug-likeness (QED) is 0.473. The maximum Gasteiger partial charge on any atom is 0.227 e. The van der Waals surface area contributed by atoms with Crippen LogP contribution in [0.5, 0.6) is 0 Å². The normalized spacial score (nSPS) is 15.5. The lowest BCUT2D eigenvalue weighted by Gasteiger charge is -2.21. The molecule has 1 amide bonds. The molecule has 1 heterocycles. The van der Waals surface area contributed by atoms with Crippen LogP contribution < -0.4 is 16.0 Å². The van der Waals surface area contributed by atoms with Crippen LogP contribution in [-0.2, 0) is 23.3 Å². The summed E-state index contributed by atoms with van der Waals surface area (Å²) in [6.45, 7) is 7.32. The van der Waals surface area contributed by atoms with E-state index in [4.69, 9.17) is 4.42 Å². The Kier molecular flexibility index (Phi) is 7.71. The molecule has 1 aliphatic carbocycles. The Balaban J connectivity index is 1.49. The van der Waals surface area contributed by atoms with Gasteiger partial charge in [-0.05, 0) is 30.5 Å². The number of benzene rings is 1. The van der Waals surface area contributed by atoms with E-state index in [0.29, 0.717) is 24.9 Å². The third-order valence-corrected chi connectivity index (χ3v) is 5.55. The first kappa shape index (κ1) is 22.8. The van der Waals surface area contributed by atoms with Crippen LogP contribution in [-0.4, -0.2) is 23.9 Å². The molecular weight excluding hydrogens is 390 g/mol. The van der Waals surface area contributed by atoms with E-state index in [9.17, 15) is 4.79 Å². The second-order valence-electron chi connectivity index (χ2n) is 9.17. The first-order chi connectivity index (χ1) is 14.8. The van der Waals surface area contributed by atoms with Gasteiger partial charge in [0.05, 0.1) is 12.7 Å². The monoisotopic (exact) mass is 425 g/mol. The predicted molar refractivity (Wildman–Crippen MR) is 124 cm³/mol. The molecule has 0 atom stereocenters. The van der Waals surface area contributed by atoms with Crippen molar-refractivity contribution in [2.75, 3.05) is 12.4 Å². The summed E-state index contributed by atoms with van der Waals surface area (Å²) in [6, 6.07) is 7.93. The zero-order valence-corrected chi connectivity index (χ0v) is 19.1. The number of amides is 1. The number of oxazole rings is 1. The number of anilines is 1. The molecular formula is C24H35N5O2. The molecule has 1 aromatic carbocycles. The minimum absolute atomic E-state index is 0.0669. The Bertz CT molecular complexity index is 891. The highest BCUT2D eigenvalue weighted by Crippen LogP contribution is 2.25. The van der Waals surface area contributed by atoms with E-state index in [0.717, 1.165) is 42.7 Å². The lowest BCUT2D eigenvalue weighted by molar-refractivity contribution is -0.120. The third-order valence-electron chi connectivity index (χ3n) is 5.55. The molecule has 1 aliphatic rings. The maximum absolute atomic E-state index is 12.5. The number of hydrogen-bond acceptors (Lipinski definition) is 4. The number of aliphatic imine (C=N–C) groups is 1. The van der Waals surface area contributed by atoms with E-state index in [1.165, 1.54) is 6.42 Å². The van der Waals surface area contributed by atoms with Crippen molar-refractivity contribution in [3.05, 3.63) is 47.7 Å². The standard InChI is InChI=1S/C24H35N5O2/c1-24(2,3)20-15-26-21(31-20)16-28-23(25-4)27-14-17-9-8-12-19(13-17)29-22(30)18-10-6-5-7-11-18/h8-9,12-13,15,18H,5-7,10-11,14,16H2,1-4H3,(H,29,30)(H2,25,27,28). The predicted octanol–water partition coefficient (Wildman–Crippen LogP) is 4.36. The Morgan fingerprint density at radius 2 is 1.90 bits per heavy atom. The molecule has 0 bridgehead atoms. The number of nitrogens with one attached hydrogen (secondary N) is 3. The second kappa shape index (κ2) is 10.5. The van der Waals surface area contributed by atoms with Crippen molar-refractivity contribution < 1.29 is 9.21 Å². The van der Waals surface area contributed by atoms with E-state index in [1.54, 1.807) is 13.2 Å². The second-order valence-corrected chi connectivity index (χ2v) is 9.17. The van der Waals surface area contributed by atoms with Gasteiger partial charge in [-0.1, -0.05) is 52.2 Å². The molecule has 0 spiro atoms. The van der Waals surface area contributed by atoms with Gasteiger partial charge >= 0.3 is 0 Å². The summed E-state index contributed by atoms with van der Waals surface area (Å²) in [5, 5.41) is 9.60. The van der Waals surface area contributed by atoms with Crippen molar-refractivity contribution >= 4 is 17.6 Å². The Labute approximate surface area is 185 Å². The number of carbonyl (C=O) groups excluding carboxylic acids is 1. The Hall–Kier alpha value is -2.83. The molecule has 2 aromatic rings. The van der Waals surface area contributed by atoms with Crippen molar-refractivity contribution in [1.29, 1.82) is 0 Å². The molecule has 3 N–H and O–H groups in total. The largest absolute Gasteiger partial charge is 0.443 e. The number of hydrogen-bond donors (Lipinski definition) is 3. The van der Waals surface area contributed by atoms with E-state index >= 15 is 0 Å². The fraction of sp³-hybridized carbons (Fsp3) is 0.542. The first-order valence-electron chi connectivity index (χ1n) is 11.1. The van der Waals surface area contributed by atoms with Crippen molar-refractivity contribution in [2.45, 2.75) is 71.4 Å². The van der Waals surface area contributed by atoms with Gasteiger partial charge in [0.15, 0.2) is 5.96 Å². The van der Waals surface area contributed by atoms with Gasteiger partial charge in [-0.25, -0.2) is 4.98 Å². The minimum Gasteiger partial charge on any atom is -0.443 e. The average molecular weight is 426 g/mol. The number of guanidine groups is 1. The van der Waals surface area contributed by atoms with Crippen LogP contribution >= 0.6 is 0 Å². The lowest BCUT2D eigenvalue weighted by Crippen LogP contribution is -2.36. The van der Waals surface area contributed by atoms with E-state index in [-0.39, 0.29) is 17.2 Å². The molecule has 3 rings (SSSR count). The minimum atomic E-state index is -0.0669. The van der Waals surface area contributed by atoms with E-state index in [2.05, 4.69) is 46.7 Å². The number of aromatic nitrogens is 1. The molecule has 1 aromatic heterocycles. The Morgan fingerprint density at radius 3 is 2.58 bits per heavy atom. The van der Waals surface area contributed by atoms with E-state index in [1.807, 2.05) is 24.3 Å². The van der Waals surface area contributed by atoms with Crippen LogP contribution in [0.25, 0.3) is 0 Å². The highest BCUT2D eigenvalue weighted by molar-refractivity contribution is 5.92. The maximum atomic E-state index is 12.5. The van der Waals surface area contributed by atoms with Crippen molar-refractivity contribution in [3.8, 4) is 0 Å². The van der Waals surface area contributed by atoms with Gasteiger partial charge in [-0.2, -0.15) is 0 Å². The summed E-state index contributed by atoms with van der Waals surface area (Å²) < 4.78 is 5.81. The number of carbonyl (C=O) groups is 1. The fourth-order valence-electron chi connectivity index (χ4n) is 3.67. The van der Waals surface area contributed by atoms with Crippen molar-refractivity contribution in [1.82, 2.24) is 15.6 Å². The van der Waals surface area contributed by atoms with Gasteiger partial charge in [0.25, 0.3) is 0 Å². The lowest BCUT2D eigenvalue weighted by atomic mass is 9.88. The van der Waals surface area contributed by atoms with Crippen LogP contribution in [0, 0.1) is 5.92 Å². The molecule has 0 aliphatic heterocycles. The van der Waals surface area contributed by atoms with Crippen LogP contribution in [0.2, 0.25) is 0 Å². The summed E-state index contributed by atoms with van der Waals surface area (Å²) in [5.41, 5.74) is 1.84. The van der Waals surface area contributed by atoms with Gasteiger partial charge in [-0.15, -0.1) is 0 Å². The molecule has 1 fully saturated rings. The molecule has 0 radical (unpaired) electrons. The molecule has 0 saturated heterocycles. The molecule has 1 saturated carbocycles. The van der Waals surface area contributed by atoms with Crippen molar-refractivity contribution in [2.24, 2.45) is 10.9 Å². The zero-order chi connectivity index (χ0) is 22.3. The average Bonchev–Trinajstić information content (AvgIpc) is 3.24. The van der Waals surface area contributed by atoms with E-state index < -0.39 is 0 Å². The molecule has 0 unspecified atom stereocenters. The number of nitrogens with zero attached hydrogens (tertiary/aromatic N) is 2. The van der Waals surface area contributed by atoms with Gasteiger partial charge in [0, 0.05) is 30.6 Å². The molecule has 168 valence electrons. The van der Waals surface area contributed by atoms with Gasteiger partial charge in [0.2, 0.25) is 11.8 Å². The van der Waals surface area contributed by atoms with Crippen LogP contribution in [0.3, 0.4) is 0 Å². The summed E-state index contributed by atoms with van der Waals surface area (Å²) in [7, 11) is 1.73. The SMILES string of the molecule is CN=C(NCc1cccc(NC(=O)C2CCCCC2)c1)NCc1ncc(C(C)(C)C)o1. The summed E-state index contributed by atoms with van der Waals surface area (Å²) in [4.78, 5) is 21.1. The van der Waals surface area contributed by atoms with Crippen LogP contribution in [0.4, 0.5) is 5.69 Å². The van der Waals surface area contributed by atoms with Gasteiger partial charge in [-0.3, -0.25) is 9.79 Å². The summed E-state index contributed by atoms with van der Waals surface area (Å²) in [6.07, 6.45) is 7.32. The fourth-order valence-corrected chi connectivity index (χ4v) is 3.67. The van der Waals surface area contributed by atoms with Crippen molar-refractivity contribution in [3.63, 3.8) is 0 Å². The third kappa shape index (κ3) is 6.84. The smallest absolute Gasteiger partial charge is 0.227 e. The molecule has 7 heteroatoms. The first-order valence-corrected chi connectivity index (χ1v) is 11.1. The Morgan fingerprint density at radius 1 is 1.16 bits per heavy atom. The molecule has 31 heavy (non-hydrogen) atoms. The van der Waals surface area contributed by atoms with Gasteiger partial charge in [0.1, 0.15) is 5.76 Å². The van der Waals surface area contributed by atoms with Crippen LogP contribution in [0.1, 0.15) is 70.1 Å². The summed E-state index contributed by atoms with van der Waals surface area (Å²) in [5.74, 6) is 2.43. The summed E-state index contributed by atoms with van der Waals surface area (Å²) >= 11 is 0. The topological polar surface area (TPSA) is 91.5 Å². The zero-order valence-electron chi connectivity index (χ0n) is 19.1. The van der Waals surface area contributed by atoms with Gasteiger partial charge < -0.3 is 20.4 Å². The molecule has 7 nitrogen and oxygen atoms in total. The highest BCUT2D eigenvalue weighted by Gasteiger charge is 2.21.